The Balaban J connectivity index is 1.64. The Morgan fingerprint density at radius 3 is 2.68 bits per heavy atom. The first-order valence-electron chi connectivity index (χ1n) is 9.85. The molecule has 158 valence electrons. The van der Waals surface area contributed by atoms with Crippen LogP contribution in [0.1, 0.15) is 47.1 Å². The second-order valence-corrected chi connectivity index (χ2v) is 7.64. The molecular weight excluding hydrogens is 404 g/mol. The molecule has 1 aliphatic rings. The number of amides is 1. The molecule has 3 aromatic rings. The first kappa shape index (κ1) is 20.7. The van der Waals surface area contributed by atoms with Gasteiger partial charge in [-0.3, -0.25) is 9.59 Å². The van der Waals surface area contributed by atoms with Gasteiger partial charge in [0.25, 0.3) is 5.56 Å². The Morgan fingerprint density at radius 1 is 1.26 bits per heavy atom. The second kappa shape index (κ2) is 8.28. The van der Waals surface area contributed by atoms with Crippen molar-refractivity contribution in [2.24, 2.45) is 0 Å². The number of nitriles is 1. The normalized spacial score (nSPS) is 14.3. The number of H-pyrrole nitrogens is 1. The van der Waals surface area contributed by atoms with Gasteiger partial charge in [0.15, 0.2) is 0 Å². The Kier molecular flexibility index (Phi) is 5.53. The van der Waals surface area contributed by atoms with Crippen molar-refractivity contribution >= 4 is 16.8 Å². The van der Waals surface area contributed by atoms with Crippen LogP contribution < -0.4 is 10.9 Å². The SMILES string of the molecule is N#Cc1ccc([C@@H](CO)NC(=O)Cc2c(C3CC3)c3cc(F)ccc3[nH]c2=O)c(F)c1. The number of carbonyl (C=O) groups excluding carboxylic acids is 1. The van der Waals surface area contributed by atoms with Gasteiger partial charge in [-0.2, -0.15) is 5.26 Å². The van der Waals surface area contributed by atoms with Crippen LogP contribution in [0.2, 0.25) is 0 Å². The van der Waals surface area contributed by atoms with Crippen LogP contribution in [0.5, 0.6) is 0 Å². The van der Waals surface area contributed by atoms with Gasteiger partial charge in [-0.05, 0) is 54.7 Å². The van der Waals surface area contributed by atoms with Crippen LogP contribution in [0.3, 0.4) is 0 Å². The number of aliphatic hydroxyl groups excluding tert-OH is 1. The number of halogens is 2. The number of rotatable bonds is 6. The van der Waals surface area contributed by atoms with Gasteiger partial charge in [0.1, 0.15) is 11.6 Å². The second-order valence-electron chi connectivity index (χ2n) is 7.64. The molecule has 0 aliphatic heterocycles. The van der Waals surface area contributed by atoms with Crippen molar-refractivity contribution < 1.29 is 18.7 Å². The summed E-state index contributed by atoms with van der Waals surface area (Å²) >= 11 is 0. The summed E-state index contributed by atoms with van der Waals surface area (Å²) in [6, 6.07) is 8.63. The van der Waals surface area contributed by atoms with Gasteiger partial charge in [-0.1, -0.05) is 6.07 Å². The van der Waals surface area contributed by atoms with Gasteiger partial charge in [0, 0.05) is 22.0 Å². The average molecular weight is 423 g/mol. The van der Waals surface area contributed by atoms with Gasteiger partial charge in [0.2, 0.25) is 5.91 Å². The number of aromatic nitrogens is 1. The number of pyridine rings is 1. The summed E-state index contributed by atoms with van der Waals surface area (Å²) in [4.78, 5) is 28.1. The van der Waals surface area contributed by atoms with E-state index in [1.807, 2.05) is 6.07 Å². The standard InChI is InChI=1S/C23H19F2N3O3/c24-14-4-6-19-16(8-14)22(13-2-3-13)17(23(31)28-19)9-21(30)27-20(11-29)15-5-1-12(10-26)7-18(15)25/h1,4-8,13,20,29H,2-3,9,11H2,(H,27,30)(H,28,31)/t20-/m1/s1. The number of hydrogen-bond donors (Lipinski definition) is 3. The summed E-state index contributed by atoms with van der Waals surface area (Å²) in [7, 11) is 0. The van der Waals surface area contributed by atoms with E-state index in [0.717, 1.165) is 18.9 Å². The van der Waals surface area contributed by atoms with E-state index in [1.165, 1.54) is 30.3 Å². The van der Waals surface area contributed by atoms with E-state index in [4.69, 9.17) is 5.26 Å². The third-order valence-corrected chi connectivity index (χ3v) is 5.46. The third-order valence-electron chi connectivity index (χ3n) is 5.46. The predicted molar refractivity (Wildman–Crippen MR) is 109 cm³/mol. The lowest BCUT2D eigenvalue weighted by atomic mass is 9.96. The molecule has 1 aromatic heterocycles. The van der Waals surface area contributed by atoms with E-state index >= 15 is 0 Å². The molecule has 1 heterocycles. The topological polar surface area (TPSA) is 106 Å². The van der Waals surface area contributed by atoms with E-state index in [-0.39, 0.29) is 29.0 Å². The molecule has 8 heteroatoms. The minimum Gasteiger partial charge on any atom is -0.394 e. The lowest BCUT2D eigenvalue weighted by molar-refractivity contribution is -0.121. The molecule has 1 saturated carbocycles. The van der Waals surface area contributed by atoms with Crippen LogP contribution >= 0.6 is 0 Å². The van der Waals surface area contributed by atoms with Crippen molar-refractivity contribution in [3.63, 3.8) is 0 Å². The fourth-order valence-corrected chi connectivity index (χ4v) is 3.85. The fourth-order valence-electron chi connectivity index (χ4n) is 3.85. The number of nitrogens with one attached hydrogen (secondary N) is 2. The van der Waals surface area contributed by atoms with Crippen LogP contribution in [0.15, 0.2) is 41.2 Å². The zero-order valence-electron chi connectivity index (χ0n) is 16.4. The van der Waals surface area contributed by atoms with Gasteiger partial charge < -0.3 is 15.4 Å². The molecule has 4 rings (SSSR count). The number of aromatic amines is 1. The summed E-state index contributed by atoms with van der Waals surface area (Å²) in [5.74, 6) is -1.66. The molecule has 0 saturated heterocycles. The van der Waals surface area contributed by atoms with Crippen molar-refractivity contribution in [1.82, 2.24) is 10.3 Å². The summed E-state index contributed by atoms with van der Waals surface area (Å²) in [6.07, 6.45) is 1.40. The highest BCUT2D eigenvalue weighted by atomic mass is 19.1. The third kappa shape index (κ3) is 4.18. The fraction of sp³-hybridized carbons (Fsp3) is 0.261. The maximum Gasteiger partial charge on any atom is 0.252 e. The summed E-state index contributed by atoms with van der Waals surface area (Å²) < 4.78 is 28.1. The van der Waals surface area contributed by atoms with Crippen molar-refractivity contribution in [1.29, 1.82) is 5.26 Å². The smallest absolute Gasteiger partial charge is 0.252 e. The average Bonchev–Trinajstić information content (AvgIpc) is 3.58. The van der Waals surface area contributed by atoms with E-state index in [9.17, 15) is 23.5 Å². The molecule has 0 radical (unpaired) electrons. The minimum atomic E-state index is -1.04. The van der Waals surface area contributed by atoms with Crippen LogP contribution in [-0.4, -0.2) is 22.6 Å². The minimum absolute atomic E-state index is 0.0340. The first-order valence-corrected chi connectivity index (χ1v) is 9.85. The quantitative estimate of drug-likeness (QED) is 0.567. The van der Waals surface area contributed by atoms with E-state index in [0.29, 0.717) is 16.5 Å². The van der Waals surface area contributed by atoms with E-state index < -0.39 is 35.7 Å². The number of nitrogens with zero attached hydrogens (tertiary/aromatic N) is 1. The Bertz CT molecular complexity index is 1280. The maximum absolute atomic E-state index is 14.3. The summed E-state index contributed by atoms with van der Waals surface area (Å²) in [6.45, 7) is -0.566. The molecule has 0 unspecified atom stereocenters. The molecule has 2 aromatic carbocycles. The van der Waals surface area contributed by atoms with Crippen molar-refractivity contribution in [2.75, 3.05) is 6.61 Å². The lowest BCUT2D eigenvalue weighted by Crippen LogP contribution is -2.34. The van der Waals surface area contributed by atoms with E-state index in [1.54, 1.807) is 0 Å². The highest BCUT2D eigenvalue weighted by molar-refractivity contribution is 5.87. The van der Waals surface area contributed by atoms with Crippen LogP contribution in [0.25, 0.3) is 10.9 Å². The molecule has 31 heavy (non-hydrogen) atoms. The monoisotopic (exact) mass is 423 g/mol. The molecule has 6 nitrogen and oxygen atoms in total. The van der Waals surface area contributed by atoms with Gasteiger partial charge in [-0.15, -0.1) is 0 Å². The lowest BCUT2D eigenvalue weighted by Gasteiger charge is -2.18. The highest BCUT2D eigenvalue weighted by Gasteiger charge is 2.31. The van der Waals surface area contributed by atoms with E-state index in [2.05, 4.69) is 10.3 Å². The van der Waals surface area contributed by atoms with Crippen molar-refractivity contribution in [2.45, 2.75) is 31.2 Å². The number of fused-ring (bicyclic) bond motifs is 1. The molecule has 0 bridgehead atoms. The van der Waals surface area contributed by atoms with Crippen LogP contribution in [0.4, 0.5) is 8.78 Å². The van der Waals surface area contributed by atoms with Gasteiger partial charge in [-0.25, -0.2) is 8.78 Å². The molecule has 1 fully saturated rings. The molecule has 1 amide bonds. The van der Waals surface area contributed by atoms with Crippen molar-refractivity contribution in [3.05, 3.63) is 80.6 Å². The Labute approximate surface area is 176 Å². The van der Waals surface area contributed by atoms with Gasteiger partial charge >= 0.3 is 0 Å². The molecule has 3 N–H and O–H groups in total. The van der Waals surface area contributed by atoms with Crippen LogP contribution in [0, 0.1) is 23.0 Å². The summed E-state index contributed by atoms with van der Waals surface area (Å²) in [5, 5.41) is 21.6. The zero-order chi connectivity index (χ0) is 22.1. The first-order chi connectivity index (χ1) is 14.9. The zero-order valence-corrected chi connectivity index (χ0v) is 16.4. The highest BCUT2D eigenvalue weighted by Crippen LogP contribution is 2.44. The molecule has 1 atom stereocenters. The number of hydrogen-bond acceptors (Lipinski definition) is 4. The summed E-state index contributed by atoms with van der Waals surface area (Å²) in [5.41, 5.74) is 1.14. The van der Waals surface area contributed by atoms with Gasteiger partial charge in [0.05, 0.1) is 30.7 Å². The number of benzene rings is 2. The maximum atomic E-state index is 14.3. The molecular formula is C23H19F2N3O3. The molecule has 1 aliphatic carbocycles. The van der Waals surface area contributed by atoms with Crippen LogP contribution in [-0.2, 0) is 11.2 Å². The molecule has 0 spiro atoms. The largest absolute Gasteiger partial charge is 0.394 e. The van der Waals surface area contributed by atoms with Crippen molar-refractivity contribution in [3.8, 4) is 6.07 Å². The number of carbonyl (C=O) groups is 1. The Morgan fingerprint density at radius 2 is 2.03 bits per heavy atom. The Hall–Kier alpha value is -3.57. The number of aliphatic hydroxyl groups is 1. The predicted octanol–water partition coefficient (Wildman–Crippen LogP) is 2.95.